The van der Waals surface area contributed by atoms with E-state index in [1.54, 1.807) is 12.0 Å². The number of nitrogens with zero attached hydrogens (tertiary/aromatic N) is 3. The van der Waals surface area contributed by atoms with Crippen LogP contribution in [0.15, 0.2) is 42.4 Å². The molecule has 0 aliphatic heterocycles. The normalized spacial score (nSPS) is 11.6. The topological polar surface area (TPSA) is 67.4 Å². The third-order valence-electron chi connectivity index (χ3n) is 4.74. The van der Waals surface area contributed by atoms with Crippen LogP contribution in [0.1, 0.15) is 42.4 Å². The minimum Gasteiger partial charge on any atom is -0.497 e. The number of hydrogen-bond acceptors (Lipinski definition) is 6. The van der Waals surface area contributed by atoms with Gasteiger partial charge in [-0.2, -0.15) is 0 Å². The molecule has 152 valence electrons. The molecular formula is C22H26N4O2S. The first-order valence-corrected chi connectivity index (χ1v) is 10.4. The van der Waals surface area contributed by atoms with Crippen LogP contribution in [0.5, 0.6) is 5.75 Å². The number of allylic oxidation sites excluding steroid dienone is 1. The van der Waals surface area contributed by atoms with Crippen molar-refractivity contribution in [2.75, 3.05) is 23.9 Å². The monoisotopic (exact) mass is 410 g/mol. The lowest BCUT2D eigenvalue weighted by atomic mass is 10.1. The largest absolute Gasteiger partial charge is 0.497 e. The average Bonchev–Trinajstić information content (AvgIpc) is 3.09. The van der Waals surface area contributed by atoms with Crippen LogP contribution in [-0.4, -0.2) is 29.5 Å². The second-order valence-electron chi connectivity index (χ2n) is 6.69. The Balaban J connectivity index is 2.10. The van der Waals surface area contributed by atoms with Gasteiger partial charge in [-0.05, 0) is 57.0 Å². The molecule has 0 aliphatic rings. The number of methoxy groups -OCH3 is 1. The van der Waals surface area contributed by atoms with Crippen LogP contribution < -0.4 is 15.0 Å². The van der Waals surface area contributed by atoms with Gasteiger partial charge in [0, 0.05) is 18.4 Å². The van der Waals surface area contributed by atoms with Gasteiger partial charge in [0.1, 0.15) is 22.7 Å². The highest BCUT2D eigenvalue weighted by molar-refractivity contribution is 7.20. The van der Waals surface area contributed by atoms with E-state index in [4.69, 9.17) is 4.74 Å². The van der Waals surface area contributed by atoms with Gasteiger partial charge in [0.15, 0.2) is 0 Å². The van der Waals surface area contributed by atoms with E-state index in [2.05, 4.69) is 22.2 Å². The summed E-state index contributed by atoms with van der Waals surface area (Å²) < 4.78 is 5.25. The number of aromatic nitrogens is 2. The average molecular weight is 411 g/mol. The van der Waals surface area contributed by atoms with Gasteiger partial charge in [0.2, 0.25) is 0 Å². The molecule has 1 aromatic carbocycles. The number of ether oxygens (including phenoxy) is 1. The first-order chi connectivity index (χ1) is 14.0. The molecule has 0 atom stereocenters. The smallest absolute Gasteiger partial charge is 0.272 e. The summed E-state index contributed by atoms with van der Waals surface area (Å²) in [5.74, 6) is 1.44. The molecule has 0 unspecified atom stereocenters. The van der Waals surface area contributed by atoms with E-state index in [9.17, 15) is 4.79 Å². The standard InChI is InChI=1S/C22H26N4O2S/c1-6-14(3)12-26(16-8-10-17(28-5)11-9-16)22(27)19-15(4)18-20(23-7-2)24-13-25-21(18)29-19/h8-13H,6-7H2,1-5H3,(H,23,24,25)/b14-12+. The summed E-state index contributed by atoms with van der Waals surface area (Å²) in [5.41, 5.74) is 2.80. The molecule has 6 nitrogen and oxygen atoms in total. The Kier molecular flexibility index (Phi) is 6.49. The number of benzene rings is 1. The highest BCUT2D eigenvalue weighted by atomic mass is 32.1. The fraction of sp³-hybridized carbons (Fsp3) is 0.318. The molecule has 1 amide bonds. The van der Waals surface area contributed by atoms with E-state index >= 15 is 0 Å². The van der Waals surface area contributed by atoms with Crippen LogP contribution in [-0.2, 0) is 0 Å². The van der Waals surface area contributed by atoms with Gasteiger partial charge < -0.3 is 10.1 Å². The molecule has 3 rings (SSSR count). The molecular weight excluding hydrogens is 384 g/mol. The quantitative estimate of drug-likeness (QED) is 0.565. The lowest BCUT2D eigenvalue weighted by Crippen LogP contribution is -2.25. The van der Waals surface area contributed by atoms with Crippen LogP contribution in [0.2, 0.25) is 0 Å². The molecule has 0 fully saturated rings. The lowest BCUT2D eigenvalue weighted by Gasteiger charge is -2.20. The number of thiophene rings is 1. The predicted molar refractivity (Wildman–Crippen MR) is 120 cm³/mol. The van der Waals surface area contributed by atoms with Crippen LogP contribution in [0.4, 0.5) is 11.5 Å². The van der Waals surface area contributed by atoms with Crippen molar-refractivity contribution in [1.29, 1.82) is 0 Å². The van der Waals surface area contributed by atoms with Gasteiger partial charge >= 0.3 is 0 Å². The van der Waals surface area contributed by atoms with Crippen molar-refractivity contribution in [3.8, 4) is 5.75 Å². The molecule has 0 aliphatic carbocycles. The SMILES string of the molecule is CCNc1ncnc2sc(C(=O)N(/C=C(\C)CC)c3ccc(OC)cc3)c(C)c12. The Hall–Kier alpha value is -2.93. The molecule has 0 bridgehead atoms. The number of aryl methyl sites for hydroxylation is 1. The predicted octanol–water partition coefficient (Wildman–Crippen LogP) is 5.40. The van der Waals surface area contributed by atoms with Crippen molar-refractivity contribution in [3.05, 3.63) is 52.8 Å². The van der Waals surface area contributed by atoms with Crippen LogP contribution in [0, 0.1) is 6.92 Å². The second-order valence-corrected chi connectivity index (χ2v) is 7.69. The Labute approximate surface area is 175 Å². The maximum Gasteiger partial charge on any atom is 0.272 e. The van der Waals surface area contributed by atoms with Gasteiger partial charge in [-0.3, -0.25) is 9.69 Å². The third-order valence-corrected chi connectivity index (χ3v) is 5.93. The zero-order valence-electron chi connectivity index (χ0n) is 17.4. The molecule has 2 aromatic heterocycles. The lowest BCUT2D eigenvalue weighted by molar-refractivity contribution is 0.100. The maximum atomic E-state index is 13.6. The van der Waals surface area contributed by atoms with Crippen molar-refractivity contribution in [2.24, 2.45) is 0 Å². The van der Waals surface area contributed by atoms with Gasteiger partial charge in [0.25, 0.3) is 5.91 Å². The summed E-state index contributed by atoms with van der Waals surface area (Å²) in [6, 6.07) is 7.50. The molecule has 0 radical (unpaired) electrons. The summed E-state index contributed by atoms with van der Waals surface area (Å²) in [7, 11) is 1.63. The van der Waals surface area contributed by atoms with Crippen LogP contribution >= 0.6 is 11.3 Å². The van der Waals surface area contributed by atoms with Crippen LogP contribution in [0.25, 0.3) is 10.2 Å². The van der Waals surface area contributed by atoms with E-state index in [-0.39, 0.29) is 5.91 Å². The Morgan fingerprint density at radius 1 is 1.24 bits per heavy atom. The zero-order chi connectivity index (χ0) is 21.0. The fourth-order valence-corrected chi connectivity index (χ4v) is 4.08. The molecule has 2 heterocycles. The highest BCUT2D eigenvalue weighted by Gasteiger charge is 2.24. The zero-order valence-corrected chi connectivity index (χ0v) is 18.3. The molecule has 7 heteroatoms. The van der Waals surface area contributed by atoms with E-state index in [0.29, 0.717) is 4.88 Å². The Morgan fingerprint density at radius 3 is 2.59 bits per heavy atom. The molecule has 0 saturated carbocycles. The molecule has 3 aromatic rings. The second kappa shape index (κ2) is 9.05. The van der Waals surface area contributed by atoms with Gasteiger partial charge in [0.05, 0.1) is 17.4 Å². The van der Waals surface area contributed by atoms with Gasteiger partial charge in [-0.25, -0.2) is 9.97 Å². The summed E-state index contributed by atoms with van der Waals surface area (Å²) in [4.78, 5) is 25.5. The highest BCUT2D eigenvalue weighted by Crippen LogP contribution is 2.35. The number of nitrogens with one attached hydrogen (secondary N) is 1. The number of rotatable bonds is 7. The first kappa shape index (κ1) is 20.8. The summed E-state index contributed by atoms with van der Waals surface area (Å²) in [5, 5.41) is 4.17. The third kappa shape index (κ3) is 4.24. The van der Waals surface area contributed by atoms with E-state index < -0.39 is 0 Å². The minimum atomic E-state index is -0.0779. The number of carbonyl (C=O) groups excluding carboxylic acids is 1. The molecule has 29 heavy (non-hydrogen) atoms. The summed E-state index contributed by atoms with van der Waals surface area (Å²) in [6.45, 7) is 8.83. The molecule has 0 spiro atoms. The van der Waals surface area contributed by atoms with Crippen molar-refractivity contribution in [2.45, 2.75) is 34.1 Å². The van der Waals surface area contributed by atoms with Crippen molar-refractivity contribution in [3.63, 3.8) is 0 Å². The van der Waals surface area contributed by atoms with E-state index in [1.807, 2.05) is 51.2 Å². The minimum absolute atomic E-state index is 0.0779. The first-order valence-electron chi connectivity index (χ1n) is 9.63. The van der Waals surface area contributed by atoms with Gasteiger partial charge in [-0.1, -0.05) is 12.5 Å². The van der Waals surface area contributed by atoms with Crippen LogP contribution in [0.3, 0.4) is 0 Å². The number of carbonyl (C=O) groups is 1. The summed E-state index contributed by atoms with van der Waals surface area (Å²) in [6.07, 6.45) is 4.30. The number of hydrogen-bond donors (Lipinski definition) is 1. The molecule has 0 saturated heterocycles. The maximum absolute atomic E-state index is 13.6. The van der Waals surface area contributed by atoms with E-state index in [0.717, 1.165) is 51.6 Å². The van der Waals surface area contributed by atoms with Crippen molar-refractivity contribution < 1.29 is 9.53 Å². The Morgan fingerprint density at radius 2 is 1.97 bits per heavy atom. The van der Waals surface area contributed by atoms with E-state index in [1.165, 1.54) is 17.7 Å². The van der Waals surface area contributed by atoms with Crippen molar-refractivity contribution >= 4 is 39.0 Å². The van der Waals surface area contributed by atoms with Gasteiger partial charge in [-0.15, -0.1) is 11.3 Å². The number of anilines is 2. The molecule has 1 N–H and O–H groups in total. The number of fused-ring (bicyclic) bond motifs is 1. The Bertz CT molecular complexity index is 1040. The fourth-order valence-electron chi connectivity index (χ4n) is 2.99. The van der Waals surface area contributed by atoms with Crippen molar-refractivity contribution in [1.82, 2.24) is 9.97 Å². The summed E-state index contributed by atoms with van der Waals surface area (Å²) >= 11 is 1.40. The number of amides is 1.